The molecule has 0 bridgehead atoms. The lowest BCUT2D eigenvalue weighted by Crippen LogP contribution is -1.96. The van der Waals surface area contributed by atoms with Crippen LogP contribution in [-0.2, 0) is 6.42 Å². The Labute approximate surface area is 132 Å². The van der Waals surface area contributed by atoms with Gasteiger partial charge in [-0.3, -0.25) is 4.40 Å². The molecule has 0 aliphatic rings. The van der Waals surface area contributed by atoms with Crippen LogP contribution >= 0.6 is 0 Å². The zero-order chi connectivity index (χ0) is 16.4. The number of imidazole rings is 1. The van der Waals surface area contributed by atoms with E-state index in [1.165, 1.54) is 16.7 Å². The molecule has 0 aliphatic heterocycles. The van der Waals surface area contributed by atoms with Crippen molar-refractivity contribution in [3.8, 4) is 17.6 Å². The van der Waals surface area contributed by atoms with Gasteiger partial charge in [0, 0.05) is 12.6 Å². The van der Waals surface area contributed by atoms with Crippen molar-refractivity contribution in [3.63, 3.8) is 0 Å². The average molecular weight is 311 g/mol. The summed E-state index contributed by atoms with van der Waals surface area (Å²) in [5.41, 5.74) is 2.38. The number of hydrogen-bond acceptors (Lipinski definition) is 4. The summed E-state index contributed by atoms with van der Waals surface area (Å²) in [6.07, 6.45) is 1.70. The number of nitriles is 1. The first kappa shape index (κ1) is 14.9. The number of aromatic nitrogens is 2. The molecule has 3 aromatic rings. The van der Waals surface area contributed by atoms with Gasteiger partial charge in [-0.15, -0.1) is 0 Å². The molecule has 0 radical (unpaired) electrons. The van der Waals surface area contributed by atoms with Crippen molar-refractivity contribution in [3.05, 3.63) is 59.3 Å². The van der Waals surface area contributed by atoms with Gasteiger partial charge in [-0.2, -0.15) is 5.26 Å². The molecular formula is C17H14FN3O2. The van der Waals surface area contributed by atoms with Gasteiger partial charge >= 0.3 is 0 Å². The van der Waals surface area contributed by atoms with E-state index in [0.29, 0.717) is 35.0 Å². The van der Waals surface area contributed by atoms with Crippen LogP contribution in [0.3, 0.4) is 0 Å². The fourth-order valence-electron chi connectivity index (χ4n) is 2.49. The molecule has 0 unspecified atom stereocenters. The molecule has 0 N–H and O–H groups in total. The molecule has 0 aliphatic carbocycles. The molecule has 6 heteroatoms. The van der Waals surface area contributed by atoms with Crippen LogP contribution < -0.4 is 9.47 Å². The molecule has 3 rings (SSSR count). The summed E-state index contributed by atoms with van der Waals surface area (Å²) < 4.78 is 25.3. The monoisotopic (exact) mass is 311 g/mol. The third kappa shape index (κ3) is 2.69. The number of halogens is 1. The van der Waals surface area contributed by atoms with E-state index in [-0.39, 0.29) is 0 Å². The third-order valence-corrected chi connectivity index (χ3v) is 3.58. The van der Waals surface area contributed by atoms with Crippen molar-refractivity contribution in [2.24, 2.45) is 0 Å². The lowest BCUT2D eigenvalue weighted by molar-refractivity contribution is 0.354. The van der Waals surface area contributed by atoms with Crippen LogP contribution in [0.25, 0.3) is 5.65 Å². The van der Waals surface area contributed by atoms with Crippen molar-refractivity contribution in [1.29, 1.82) is 5.26 Å². The Hall–Kier alpha value is -3.07. The van der Waals surface area contributed by atoms with E-state index >= 15 is 0 Å². The van der Waals surface area contributed by atoms with Crippen molar-refractivity contribution in [1.82, 2.24) is 9.38 Å². The first-order chi connectivity index (χ1) is 11.2. The van der Waals surface area contributed by atoms with Gasteiger partial charge in [0.1, 0.15) is 23.2 Å². The Morgan fingerprint density at radius 3 is 2.65 bits per heavy atom. The molecule has 0 atom stereocenters. The lowest BCUT2D eigenvalue weighted by atomic mass is 10.1. The third-order valence-electron chi connectivity index (χ3n) is 3.58. The predicted molar refractivity (Wildman–Crippen MR) is 82.2 cm³/mol. The summed E-state index contributed by atoms with van der Waals surface area (Å²) in [7, 11) is 3.14. The van der Waals surface area contributed by atoms with Gasteiger partial charge in [0.25, 0.3) is 0 Å². The first-order valence-corrected chi connectivity index (χ1v) is 6.93. The van der Waals surface area contributed by atoms with Crippen LogP contribution in [0.15, 0.2) is 36.5 Å². The fraction of sp³-hybridized carbons (Fsp3) is 0.176. The molecule has 5 nitrogen and oxygen atoms in total. The number of hydrogen-bond donors (Lipinski definition) is 0. The van der Waals surface area contributed by atoms with E-state index in [1.54, 1.807) is 26.4 Å². The van der Waals surface area contributed by atoms with Gasteiger partial charge in [-0.05, 0) is 29.8 Å². The maximum absolute atomic E-state index is 13.4. The Balaban J connectivity index is 2.03. The first-order valence-electron chi connectivity index (χ1n) is 6.93. The summed E-state index contributed by atoms with van der Waals surface area (Å²) in [5, 5.41) is 9.38. The largest absolute Gasteiger partial charge is 0.493 e. The molecule has 0 saturated heterocycles. The van der Waals surface area contributed by atoms with E-state index in [9.17, 15) is 9.65 Å². The van der Waals surface area contributed by atoms with Crippen LogP contribution in [0.4, 0.5) is 4.39 Å². The Morgan fingerprint density at radius 1 is 1.17 bits per heavy atom. The number of rotatable bonds is 4. The molecule has 23 heavy (non-hydrogen) atoms. The van der Waals surface area contributed by atoms with Crippen molar-refractivity contribution in [2.45, 2.75) is 6.42 Å². The quantitative estimate of drug-likeness (QED) is 0.743. The van der Waals surface area contributed by atoms with Crippen molar-refractivity contribution < 1.29 is 13.9 Å². The molecular weight excluding hydrogens is 297 g/mol. The molecule has 0 fully saturated rings. The zero-order valence-corrected chi connectivity index (χ0v) is 12.7. The summed E-state index contributed by atoms with van der Waals surface area (Å²) >= 11 is 0. The second-order valence-electron chi connectivity index (χ2n) is 4.96. The van der Waals surface area contributed by atoms with Crippen LogP contribution in [0.2, 0.25) is 0 Å². The highest BCUT2D eigenvalue weighted by Crippen LogP contribution is 2.29. The zero-order valence-electron chi connectivity index (χ0n) is 12.7. The molecule has 2 heterocycles. The highest BCUT2D eigenvalue weighted by atomic mass is 19.1. The number of benzene rings is 1. The van der Waals surface area contributed by atoms with Crippen LogP contribution in [0.5, 0.6) is 11.5 Å². The minimum atomic E-state index is -0.413. The molecule has 116 valence electrons. The SMILES string of the molecule is COc1ccc(Cc2nc3ccc(F)cn3c2C#N)cc1OC. The fourth-order valence-corrected chi connectivity index (χ4v) is 2.49. The Kier molecular flexibility index (Phi) is 3.85. The van der Waals surface area contributed by atoms with Gasteiger partial charge in [0.2, 0.25) is 0 Å². The van der Waals surface area contributed by atoms with Crippen LogP contribution in [0, 0.1) is 17.1 Å². The second-order valence-corrected chi connectivity index (χ2v) is 4.96. The molecule has 1 aromatic carbocycles. The Bertz CT molecular complexity index is 912. The van der Waals surface area contributed by atoms with E-state index in [4.69, 9.17) is 9.47 Å². The summed E-state index contributed by atoms with van der Waals surface area (Å²) in [6.45, 7) is 0. The smallest absolute Gasteiger partial charge is 0.160 e. The van der Waals surface area contributed by atoms with E-state index in [0.717, 1.165) is 5.56 Å². The van der Waals surface area contributed by atoms with Crippen LogP contribution in [0.1, 0.15) is 17.0 Å². The number of methoxy groups -OCH3 is 2. The van der Waals surface area contributed by atoms with Gasteiger partial charge in [0.15, 0.2) is 11.5 Å². The van der Waals surface area contributed by atoms with E-state index < -0.39 is 5.82 Å². The maximum Gasteiger partial charge on any atom is 0.160 e. The minimum Gasteiger partial charge on any atom is -0.493 e. The number of pyridine rings is 1. The standard InChI is InChI=1S/C17H14FN3O2/c1-22-15-5-3-11(8-16(15)23-2)7-13-14(9-19)21-10-12(18)4-6-17(21)20-13/h3-6,8,10H,7H2,1-2H3. The molecule has 0 saturated carbocycles. The van der Waals surface area contributed by atoms with Gasteiger partial charge in [-0.1, -0.05) is 6.07 Å². The van der Waals surface area contributed by atoms with Crippen molar-refractivity contribution in [2.75, 3.05) is 14.2 Å². The maximum atomic E-state index is 13.4. The number of fused-ring (bicyclic) bond motifs is 1. The lowest BCUT2D eigenvalue weighted by Gasteiger charge is -2.09. The molecule has 2 aromatic heterocycles. The second kappa shape index (κ2) is 5.97. The average Bonchev–Trinajstić information content (AvgIpc) is 2.90. The topological polar surface area (TPSA) is 59.5 Å². The van der Waals surface area contributed by atoms with Crippen LogP contribution in [-0.4, -0.2) is 23.6 Å². The van der Waals surface area contributed by atoms with Crippen molar-refractivity contribution >= 4 is 5.65 Å². The summed E-state index contributed by atoms with van der Waals surface area (Å²) in [4.78, 5) is 4.42. The normalized spacial score (nSPS) is 10.5. The number of ether oxygens (including phenoxy) is 2. The van der Waals surface area contributed by atoms with Gasteiger partial charge in [0.05, 0.1) is 19.9 Å². The highest BCUT2D eigenvalue weighted by molar-refractivity contribution is 5.50. The Morgan fingerprint density at radius 2 is 1.96 bits per heavy atom. The molecule has 0 spiro atoms. The molecule has 0 amide bonds. The number of nitrogens with zero attached hydrogens (tertiary/aromatic N) is 3. The van der Waals surface area contributed by atoms with Gasteiger partial charge < -0.3 is 9.47 Å². The van der Waals surface area contributed by atoms with E-state index in [2.05, 4.69) is 11.1 Å². The summed E-state index contributed by atoms with van der Waals surface area (Å²) in [6, 6.07) is 10.5. The predicted octanol–water partition coefficient (Wildman–Crippen LogP) is 2.95. The summed E-state index contributed by atoms with van der Waals surface area (Å²) in [5.74, 6) is 0.830. The highest BCUT2D eigenvalue weighted by Gasteiger charge is 2.14. The van der Waals surface area contributed by atoms with E-state index in [1.807, 2.05) is 12.1 Å². The minimum absolute atomic E-state index is 0.328. The van der Waals surface area contributed by atoms with Gasteiger partial charge in [-0.25, -0.2) is 9.37 Å².